The van der Waals surface area contributed by atoms with Crippen LogP contribution >= 0.6 is 11.6 Å². The number of benzene rings is 1. The zero-order valence-electron chi connectivity index (χ0n) is 16.2. The van der Waals surface area contributed by atoms with Crippen molar-refractivity contribution in [2.24, 2.45) is 0 Å². The Labute approximate surface area is 149 Å². The summed E-state index contributed by atoms with van der Waals surface area (Å²) in [5.74, 6) is 0.324. The highest BCUT2D eigenvalue weighted by Crippen LogP contribution is 2.39. The van der Waals surface area contributed by atoms with Crippen molar-refractivity contribution in [3.05, 3.63) is 34.0 Å². The molecule has 4 heteroatoms. The molecule has 1 aromatic carbocycles. The molecule has 2 rings (SSSR count). The second-order valence-electron chi connectivity index (χ2n) is 9.59. The van der Waals surface area contributed by atoms with Gasteiger partial charge in [0.25, 0.3) is 0 Å². The van der Waals surface area contributed by atoms with E-state index in [2.05, 4.69) is 25.8 Å². The molecule has 0 atom stereocenters. The quantitative estimate of drug-likeness (QED) is 0.556. The van der Waals surface area contributed by atoms with Crippen LogP contribution in [0.3, 0.4) is 0 Å². The number of hydrogen-bond donors (Lipinski definition) is 0. The molecule has 0 aliphatic carbocycles. The van der Waals surface area contributed by atoms with E-state index >= 15 is 4.39 Å². The van der Waals surface area contributed by atoms with E-state index in [-0.39, 0.29) is 16.6 Å². The fraction of sp³-hybridized carbons (Fsp3) is 0.600. The molecule has 24 heavy (non-hydrogen) atoms. The molecule has 0 radical (unpaired) electrons. The fourth-order valence-corrected chi connectivity index (χ4v) is 3.27. The smallest absolute Gasteiger partial charge is 0.154 e. The molecule has 0 N–H and O–H groups in total. The van der Waals surface area contributed by atoms with Crippen LogP contribution in [0.15, 0.2) is 6.07 Å². The number of halogens is 2. The van der Waals surface area contributed by atoms with Gasteiger partial charge in [0.1, 0.15) is 11.3 Å². The van der Waals surface area contributed by atoms with Crippen LogP contribution in [0.5, 0.6) is 0 Å². The van der Waals surface area contributed by atoms with Crippen molar-refractivity contribution in [2.75, 3.05) is 0 Å². The van der Waals surface area contributed by atoms with Crippen LogP contribution in [0, 0.1) is 5.82 Å². The summed E-state index contributed by atoms with van der Waals surface area (Å²) in [6.07, 6.45) is 0. The lowest BCUT2D eigenvalue weighted by atomic mass is 9.83. The highest BCUT2D eigenvalue weighted by molar-refractivity contribution is 6.32. The van der Waals surface area contributed by atoms with Crippen molar-refractivity contribution in [2.45, 2.75) is 78.6 Å². The van der Waals surface area contributed by atoms with Crippen molar-refractivity contribution in [1.82, 2.24) is 9.97 Å². The molecule has 0 aliphatic rings. The van der Waals surface area contributed by atoms with Crippen molar-refractivity contribution < 1.29 is 4.39 Å². The van der Waals surface area contributed by atoms with Crippen LogP contribution in [0.2, 0.25) is 5.02 Å². The van der Waals surface area contributed by atoms with Gasteiger partial charge in [-0.1, -0.05) is 73.9 Å². The van der Waals surface area contributed by atoms with E-state index in [0.717, 1.165) is 5.69 Å². The standard InChI is InChI=1S/C20H28ClFN2/c1-18(2,3)13-12(21)10-11-15(14(13)22)23-17(20(7,8)9)24-16(11)19(4,5)6/h10H,1-9H3. The lowest BCUT2D eigenvalue weighted by Gasteiger charge is -2.27. The average molecular weight is 351 g/mol. The Kier molecular flexibility index (Phi) is 4.50. The van der Waals surface area contributed by atoms with Gasteiger partial charge in [0.2, 0.25) is 0 Å². The molecule has 1 aromatic heterocycles. The largest absolute Gasteiger partial charge is 0.236 e. The van der Waals surface area contributed by atoms with Crippen molar-refractivity contribution in [1.29, 1.82) is 0 Å². The van der Waals surface area contributed by atoms with Crippen molar-refractivity contribution >= 4 is 22.5 Å². The number of aromatic nitrogens is 2. The van der Waals surface area contributed by atoms with E-state index in [1.54, 1.807) is 0 Å². The molecule has 0 fully saturated rings. The first-order valence-electron chi connectivity index (χ1n) is 8.35. The number of hydrogen-bond acceptors (Lipinski definition) is 2. The third-order valence-electron chi connectivity index (χ3n) is 4.01. The third-order valence-corrected chi connectivity index (χ3v) is 4.31. The van der Waals surface area contributed by atoms with Gasteiger partial charge in [-0.2, -0.15) is 0 Å². The summed E-state index contributed by atoms with van der Waals surface area (Å²) < 4.78 is 15.4. The van der Waals surface area contributed by atoms with Crippen LogP contribution < -0.4 is 0 Å². The Bertz CT molecular complexity index is 791. The van der Waals surface area contributed by atoms with Gasteiger partial charge < -0.3 is 0 Å². The molecule has 0 saturated carbocycles. The van der Waals surface area contributed by atoms with Crippen molar-refractivity contribution in [3.8, 4) is 0 Å². The van der Waals surface area contributed by atoms with Crippen LogP contribution in [0.25, 0.3) is 10.9 Å². The van der Waals surface area contributed by atoms with E-state index in [1.165, 1.54) is 0 Å². The Hall–Kier alpha value is -1.22. The first-order chi connectivity index (χ1) is 10.6. The van der Waals surface area contributed by atoms with Gasteiger partial charge in [-0.3, -0.25) is 0 Å². The van der Waals surface area contributed by atoms with Gasteiger partial charge in [-0.25, -0.2) is 14.4 Å². The summed E-state index contributed by atoms with van der Waals surface area (Å²) >= 11 is 6.45. The zero-order chi connectivity index (χ0) is 18.7. The molecular weight excluding hydrogens is 323 g/mol. The summed E-state index contributed by atoms with van der Waals surface area (Å²) in [4.78, 5) is 9.37. The van der Waals surface area contributed by atoms with E-state index < -0.39 is 5.41 Å². The van der Waals surface area contributed by atoms with Crippen LogP contribution in [-0.2, 0) is 16.2 Å². The third kappa shape index (κ3) is 3.42. The first kappa shape index (κ1) is 19.1. The topological polar surface area (TPSA) is 25.8 Å². The summed E-state index contributed by atoms with van der Waals surface area (Å²) in [5.41, 5.74) is 0.815. The highest BCUT2D eigenvalue weighted by atomic mass is 35.5. The summed E-state index contributed by atoms with van der Waals surface area (Å²) in [7, 11) is 0. The Morgan fingerprint density at radius 1 is 0.833 bits per heavy atom. The Morgan fingerprint density at radius 3 is 1.79 bits per heavy atom. The van der Waals surface area contributed by atoms with Gasteiger partial charge in [-0.15, -0.1) is 0 Å². The molecule has 0 amide bonds. The van der Waals surface area contributed by atoms with E-state index in [1.807, 2.05) is 47.6 Å². The number of fused-ring (bicyclic) bond motifs is 1. The fourth-order valence-electron chi connectivity index (χ4n) is 2.79. The molecule has 2 aromatic rings. The molecule has 0 bridgehead atoms. The maximum absolute atomic E-state index is 15.4. The molecule has 0 saturated heterocycles. The maximum atomic E-state index is 15.4. The van der Waals surface area contributed by atoms with Gasteiger partial charge in [0.15, 0.2) is 5.82 Å². The maximum Gasteiger partial charge on any atom is 0.154 e. The Balaban J connectivity index is 3.03. The van der Waals surface area contributed by atoms with Crippen LogP contribution in [0.1, 0.15) is 79.4 Å². The van der Waals surface area contributed by atoms with Gasteiger partial charge in [-0.05, 0) is 11.5 Å². The van der Waals surface area contributed by atoms with Gasteiger partial charge >= 0.3 is 0 Å². The Morgan fingerprint density at radius 2 is 1.38 bits per heavy atom. The van der Waals surface area contributed by atoms with Crippen LogP contribution in [0.4, 0.5) is 4.39 Å². The number of rotatable bonds is 0. The molecule has 1 heterocycles. The number of nitrogens with zero attached hydrogens (tertiary/aromatic N) is 2. The molecule has 0 aliphatic heterocycles. The SMILES string of the molecule is CC(C)(C)c1nc(C(C)(C)C)c2cc(Cl)c(C(C)(C)C)c(F)c2n1. The average Bonchev–Trinajstić information content (AvgIpc) is 2.33. The second-order valence-corrected chi connectivity index (χ2v) is 10.00. The molecular formula is C20H28ClFN2. The van der Waals surface area contributed by atoms with Crippen LogP contribution in [-0.4, -0.2) is 9.97 Å². The monoisotopic (exact) mass is 350 g/mol. The van der Waals surface area contributed by atoms with E-state index in [4.69, 9.17) is 16.6 Å². The zero-order valence-corrected chi connectivity index (χ0v) is 17.0. The second kappa shape index (κ2) is 5.66. The minimum Gasteiger partial charge on any atom is -0.236 e. The van der Waals surface area contributed by atoms with Gasteiger partial charge in [0.05, 0.1) is 5.69 Å². The molecule has 132 valence electrons. The summed E-state index contributed by atoms with van der Waals surface area (Å²) in [5, 5.41) is 1.14. The lowest BCUT2D eigenvalue weighted by Crippen LogP contribution is -2.23. The lowest BCUT2D eigenvalue weighted by molar-refractivity contribution is 0.511. The predicted molar refractivity (Wildman–Crippen MR) is 101 cm³/mol. The molecule has 2 nitrogen and oxygen atoms in total. The molecule has 0 unspecified atom stereocenters. The molecule has 0 spiro atoms. The van der Waals surface area contributed by atoms with Crippen molar-refractivity contribution in [3.63, 3.8) is 0 Å². The minimum absolute atomic E-state index is 0.236. The summed E-state index contributed by atoms with van der Waals surface area (Å²) in [6, 6.07) is 1.83. The van der Waals surface area contributed by atoms with E-state index in [9.17, 15) is 0 Å². The minimum atomic E-state index is -0.399. The van der Waals surface area contributed by atoms with Gasteiger partial charge in [0, 0.05) is 26.8 Å². The predicted octanol–water partition coefficient (Wildman–Crippen LogP) is 6.31. The normalized spacial score (nSPS) is 13.6. The first-order valence-corrected chi connectivity index (χ1v) is 8.73. The van der Waals surface area contributed by atoms with E-state index in [0.29, 0.717) is 27.3 Å². The highest BCUT2D eigenvalue weighted by Gasteiger charge is 2.30. The summed E-state index contributed by atoms with van der Waals surface area (Å²) in [6.45, 7) is 18.2.